The van der Waals surface area contributed by atoms with Gasteiger partial charge >= 0.3 is 5.97 Å². The molecule has 9 heteroatoms. The van der Waals surface area contributed by atoms with Crippen LogP contribution in [0.25, 0.3) is 10.9 Å². The van der Waals surface area contributed by atoms with Gasteiger partial charge in [-0.2, -0.15) is 0 Å². The Hall–Kier alpha value is -2.61. The van der Waals surface area contributed by atoms with E-state index in [1.807, 2.05) is 0 Å². The van der Waals surface area contributed by atoms with Gasteiger partial charge in [0.25, 0.3) is 5.56 Å². The molecule has 0 radical (unpaired) electrons. The molecule has 3 aromatic rings. The lowest BCUT2D eigenvalue weighted by Crippen LogP contribution is -2.30. The Labute approximate surface area is 170 Å². The molecule has 2 aromatic carbocycles. The van der Waals surface area contributed by atoms with Crippen LogP contribution in [0.1, 0.15) is 10.4 Å². The van der Waals surface area contributed by atoms with Gasteiger partial charge in [0, 0.05) is 5.02 Å². The topological polar surface area (TPSA) is 90.7 Å². The summed E-state index contributed by atoms with van der Waals surface area (Å²) >= 11 is 12.0. The number of nitrogens with zero attached hydrogens (tertiary/aromatic N) is 2. The molecule has 0 spiro atoms. The fraction of sp³-hybridized carbons (Fsp3) is 0.211. The van der Waals surface area contributed by atoms with E-state index in [4.69, 9.17) is 27.9 Å². The molecule has 0 bridgehead atoms. The predicted octanol–water partition coefficient (Wildman–Crippen LogP) is 2.93. The van der Waals surface area contributed by atoms with Gasteiger partial charge in [0.2, 0.25) is 0 Å². The Morgan fingerprint density at radius 2 is 1.96 bits per heavy atom. The van der Waals surface area contributed by atoms with E-state index in [0.29, 0.717) is 21.9 Å². The molecule has 7 nitrogen and oxygen atoms in total. The lowest BCUT2D eigenvalue weighted by Gasteiger charge is -2.14. The summed E-state index contributed by atoms with van der Waals surface area (Å²) in [5.74, 6) is 0.0178. The van der Waals surface area contributed by atoms with E-state index in [1.165, 1.54) is 30.1 Å². The number of aromatic nitrogens is 2. The third-order valence-electron chi connectivity index (χ3n) is 3.97. The summed E-state index contributed by atoms with van der Waals surface area (Å²) in [4.78, 5) is 28.2. The molecule has 28 heavy (non-hydrogen) atoms. The maximum Gasteiger partial charge on any atom is 0.337 e. The number of rotatable bonds is 6. The zero-order valence-corrected chi connectivity index (χ0v) is 16.3. The second-order valence-corrected chi connectivity index (χ2v) is 6.81. The van der Waals surface area contributed by atoms with Gasteiger partial charge in [0.1, 0.15) is 18.5 Å². The van der Waals surface area contributed by atoms with Crippen molar-refractivity contribution in [3.63, 3.8) is 0 Å². The molecule has 0 fully saturated rings. The normalized spacial score (nSPS) is 12.0. The Morgan fingerprint density at radius 3 is 2.64 bits per heavy atom. The Kier molecular flexibility index (Phi) is 6.18. The van der Waals surface area contributed by atoms with Crippen molar-refractivity contribution in [2.45, 2.75) is 12.6 Å². The first-order chi connectivity index (χ1) is 13.4. The molecule has 0 saturated heterocycles. The summed E-state index contributed by atoms with van der Waals surface area (Å²) < 4.78 is 11.4. The first kappa shape index (κ1) is 20.1. The number of halogens is 2. The van der Waals surface area contributed by atoms with E-state index in [2.05, 4.69) is 9.72 Å². The van der Waals surface area contributed by atoms with Crippen molar-refractivity contribution in [3.05, 3.63) is 68.7 Å². The zero-order chi connectivity index (χ0) is 20.3. The second kappa shape index (κ2) is 8.60. The maximum atomic E-state index is 12.6. The lowest BCUT2D eigenvalue weighted by atomic mass is 10.2. The monoisotopic (exact) mass is 422 g/mol. The molecule has 3 rings (SSSR count). The number of benzene rings is 2. The molecule has 1 atom stereocenters. The molecule has 0 aliphatic rings. The van der Waals surface area contributed by atoms with Crippen LogP contribution in [0.15, 0.2) is 47.5 Å². The van der Waals surface area contributed by atoms with Crippen LogP contribution >= 0.6 is 23.2 Å². The molecule has 0 aliphatic carbocycles. The number of fused-ring (bicyclic) bond motifs is 1. The van der Waals surface area contributed by atoms with Crippen molar-refractivity contribution in [1.29, 1.82) is 0 Å². The van der Waals surface area contributed by atoms with Crippen LogP contribution < -0.4 is 10.3 Å². The summed E-state index contributed by atoms with van der Waals surface area (Å²) in [6.07, 6.45) is 0.352. The lowest BCUT2D eigenvalue weighted by molar-refractivity contribution is 0.0600. The number of ether oxygens (including phenoxy) is 2. The Morgan fingerprint density at radius 1 is 1.25 bits per heavy atom. The minimum Gasteiger partial charge on any atom is -0.491 e. The highest BCUT2D eigenvalue weighted by Gasteiger charge is 2.13. The van der Waals surface area contributed by atoms with Gasteiger partial charge in [-0.25, -0.2) is 9.78 Å². The van der Waals surface area contributed by atoms with E-state index in [-0.39, 0.29) is 29.1 Å². The average molecular weight is 423 g/mol. The van der Waals surface area contributed by atoms with Gasteiger partial charge in [-0.15, -0.1) is 0 Å². The average Bonchev–Trinajstić information content (AvgIpc) is 2.68. The number of aliphatic hydroxyl groups is 1. The van der Waals surface area contributed by atoms with Gasteiger partial charge < -0.3 is 14.6 Å². The minimum atomic E-state index is -0.966. The number of carbonyl (C=O) groups excluding carboxylic acids is 1. The summed E-state index contributed by atoms with van der Waals surface area (Å²) in [6.45, 7) is -0.0789. The van der Waals surface area contributed by atoms with Crippen LogP contribution in [-0.4, -0.2) is 40.4 Å². The SMILES string of the molecule is COC(=O)c1ccc(OC[C@H](O)Cn2cnc3c(Cl)cc(Cl)cc3c2=O)cc1. The Bertz CT molecular complexity index is 1070. The summed E-state index contributed by atoms with van der Waals surface area (Å²) in [5, 5.41) is 11.1. The first-order valence-corrected chi connectivity index (χ1v) is 8.98. The van der Waals surface area contributed by atoms with Crippen LogP contribution in [-0.2, 0) is 11.3 Å². The molecule has 0 amide bonds. The third-order valence-corrected chi connectivity index (χ3v) is 4.48. The molecule has 1 heterocycles. The van der Waals surface area contributed by atoms with Crippen LogP contribution in [0.5, 0.6) is 5.75 Å². The van der Waals surface area contributed by atoms with Crippen LogP contribution in [0.4, 0.5) is 0 Å². The van der Waals surface area contributed by atoms with Crippen molar-refractivity contribution in [2.75, 3.05) is 13.7 Å². The number of carbonyl (C=O) groups is 1. The molecule has 0 aliphatic heterocycles. The fourth-order valence-corrected chi connectivity index (χ4v) is 3.14. The van der Waals surface area contributed by atoms with E-state index in [0.717, 1.165) is 0 Å². The standard InChI is InChI=1S/C19H16Cl2N2O5/c1-27-19(26)11-2-4-14(5-3-11)28-9-13(24)8-23-10-22-17-15(18(23)25)6-12(20)7-16(17)21/h2-7,10,13,24H,8-9H2,1H3/t13-/m1/s1. The third kappa shape index (κ3) is 4.44. The summed E-state index contributed by atoms with van der Waals surface area (Å²) in [7, 11) is 1.30. The molecule has 1 N–H and O–H groups in total. The molecule has 0 unspecified atom stereocenters. The van der Waals surface area contributed by atoms with Crippen LogP contribution in [0.2, 0.25) is 10.0 Å². The fourth-order valence-electron chi connectivity index (χ4n) is 2.60. The van der Waals surface area contributed by atoms with E-state index in [1.54, 1.807) is 24.3 Å². The number of methoxy groups -OCH3 is 1. The van der Waals surface area contributed by atoms with E-state index >= 15 is 0 Å². The van der Waals surface area contributed by atoms with Crippen molar-refractivity contribution in [3.8, 4) is 5.75 Å². The maximum absolute atomic E-state index is 12.6. The quantitative estimate of drug-likeness (QED) is 0.614. The second-order valence-electron chi connectivity index (χ2n) is 5.97. The number of aliphatic hydroxyl groups excluding tert-OH is 1. The van der Waals surface area contributed by atoms with Crippen molar-refractivity contribution in [1.82, 2.24) is 9.55 Å². The minimum absolute atomic E-state index is 0.0217. The molecular formula is C19H16Cl2N2O5. The first-order valence-electron chi connectivity index (χ1n) is 8.22. The molecule has 146 valence electrons. The van der Waals surface area contributed by atoms with Gasteiger partial charge in [-0.1, -0.05) is 23.2 Å². The smallest absolute Gasteiger partial charge is 0.337 e. The highest BCUT2D eigenvalue weighted by Crippen LogP contribution is 2.24. The van der Waals surface area contributed by atoms with Gasteiger partial charge in [-0.3, -0.25) is 9.36 Å². The Balaban J connectivity index is 1.68. The number of hydrogen-bond donors (Lipinski definition) is 1. The van der Waals surface area contributed by atoms with Gasteiger partial charge in [0.15, 0.2) is 0 Å². The van der Waals surface area contributed by atoms with Gasteiger partial charge in [-0.05, 0) is 36.4 Å². The van der Waals surface area contributed by atoms with Crippen molar-refractivity contribution >= 4 is 40.1 Å². The molecule has 0 saturated carbocycles. The number of hydrogen-bond acceptors (Lipinski definition) is 6. The molecular weight excluding hydrogens is 407 g/mol. The van der Waals surface area contributed by atoms with Crippen LogP contribution in [0.3, 0.4) is 0 Å². The predicted molar refractivity (Wildman–Crippen MR) is 105 cm³/mol. The van der Waals surface area contributed by atoms with E-state index < -0.39 is 12.1 Å². The van der Waals surface area contributed by atoms with Crippen LogP contribution in [0, 0.1) is 0 Å². The molecule has 1 aromatic heterocycles. The van der Waals surface area contributed by atoms with Crippen molar-refractivity contribution in [2.24, 2.45) is 0 Å². The highest BCUT2D eigenvalue weighted by atomic mass is 35.5. The van der Waals surface area contributed by atoms with Crippen molar-refractivity contribution < 1.29 is 19.4 Å². The summed E-state index contributed by atoms with van der Waals surface area (Å²) in [6, 6.07) is 9.29. The van der Waals surface area contributed by atoms with Gasteiger partial charge in [0.05, 0.1) is 41.5 Å². The number of esters is 1. The highest BCUT2D eigenvalue weighted by molar-refractivity contribution is 6.38. The van der Waals surface area contributed by atoms with E-state index in [9.17, 15) is 14.7 Å². The summed E-state index contributed by atoms with van der Waals surface area (Å²) in [5.41, 5.74) is 0.376. The largest absolute Gasteiger partial charge is 0.491 e. The zero-order valence-electron chi connectivity index (χ0n) is 14.8.